The highest BCUT2D eigenvalue weighted by atomic mass is 32.2. The summed E-state index contributed by atoms with van der Waals surface area (Å²) in [5.41, 5.74) is 1.33. The van der Waals surface area contributed by atoms with E-state index in [1.165, 1.54) is 37.0 Å². The van der Waals surface area contributed by atoms with Crippen LogP contribution in [0.2, 0.25) is 0 Å². The smallest absolute Gasteiger partial charge is 0.253 e. The summed E-state index contributed by atoms with van der Waals surface area (Å²) in [5.74, 6) is 0.659. The Morgan fingerprint density at radius 2 is 1.62 bits per heavy atom. The van der Waals surface area contributed by atoms with Gasteiger partial charge >= 0.3 is 0 Å². The fraction of sp³-hybridized carbons (Fsp3) is 0.286. The summed E-state index contributed by atoms with van der Waals surface area (Å²) in [5, 5.41) is 4.06. The highest BCUT2D eigenvalue weighted by molar-refractivity contribution is 7.89. The van der Waals surface area contributed by atoms with E-state index >= 15 is 0 Å². The third-order valence-corrected chi connectivity index (χ3v) is 7.21. The molecular formula is C21H23N5O5S. The van der Waals surface area contributed by atoms with E-state index in [4.69, 9.17) is 9.47 Å². The maximum atomic E-state index is 13.1. The molecule has 0 N–H and O–H groups in total. The second kappa shape index (κ2) is 8.97. The van der Waals surface area contributed by atoms with Crippen molar-refractivity contribution in [2.75, 3.05) is 40.4 Å². The van der Waals surface area contributed by atoms with Gasteiger partial charge in [0.2, 0.25) is 10.0 Å². The fourth-order valence-electron chi connectivity index (χ4n) is 3.54. The second-order valence-corrected chi connectivity index (χ2v) is 9.04. The van der Waals surface area contributed by atoms with E-state index in [1.54, 1.807) is 46.2 Å². The molecule has 1 saturated heterocycles. The van der Waals surface area contributed by atoms with Gasteiger partial charge in [-0.1, -0.05) is 0 Å². The largest absolute Gasteiger partial charge is 0.493 e. The molecule has 0 atom stereocenters. The number of hydrogen-bond donors (Lipinski definition) is 0. The van der Waals surface area contributed by atoms with Gasteiger partial charge in [-0.15, -0.1) is 0 Å². The van der Waals surface area contributed by atoms with E-state index in [0.29, 0.717) is 30.2 Å². The highest BCUT2D eigenvalue weighted by Crippen LogP contribution is 2.31. The number of sulfonamides is 1. The predicted molar refractivity (Wildman–Crippen MR) is 116 cm³/mol. The van der Waals surface area contributed by atoms with E-state index in [-0.39, 0.29) is 23.9 Å². The number of ether oxygens (including phenoxy) is 2. The zero-order valence-electron chi connectivity index (χ0n) is 17.7. The third-order valence-electron chi connectivity index (χ3n) is 5.32. The molecule has 0 unspecified atom stereocenters. The molecule has 1 aliphatic rings. The number of benzene rings is 2. The standard InChI is InChI=1S/C21H23N5O5S/c1-30-19-8-7-18(13-20(19)31-2)32(28,29)25-11-9-24(10-12-25)21(27)16-3-5-17(6-4-16)26-15-22-14-23-26/h3-8,13-15H,9-12H2,1-2H3. The molecule has 0 radical (unpaired) electrons. The number of carbonyl (C=O) groups excluding carboxylic acids is 1. The number of nitrogens with zero attached hydrogens (tertiary/aromatic N) is 5. The lowest BCUT2D eigenvalue weighted by Gasteiger charge is -2.34. The first kappa shape index (κ1) is 21.8. The first-order chi connectivity index (χ1) is 15.4. The van der Waals surface area contributed by atoms with E-state index < -0.39 is 10.0 Å². The number of carbonyl (C=O) groups is 1. The van der Waals surface area contributed by atoms with Crippen LogP contribution >= 0.6 is 0 Å². The Kier molecular flexibility index (Phi) is 6.10. The van der Waals surface area contributed by atoms with Gasteiger partial charge in [-0.05, 0) is 36.4 Å². The van der Waals surface area contributed by atoms with Gasteiger partial charge in [0.15, 0.2) is 11.5 Å². The Labute approximate surface area is 186 Å². The van der Waals surface area contributed by atoms with Gasteiger partial charge in [0.25, 0.3) is 5.91 Å². The average Bonchev–Trinajstić information content (AvgIpc) is 3.38. The van der Waals surface area contributed by atoms with Gasteiger partial charge in [0, 0.05) is 37.8 Å². The Balaban J connectivity index is 1.43. The average molecular weight is 458 g/mol. The number of rotatable bonds is 6. The molecule has 1 amide bonds. The molecule has 1 aromatic heterocycles. The van der Waals surface area contributed by atoms with Crippen LogP contribution in [0, 0.1) is 0 Å². The topological polar surface area (TPSA) is 107 Å². The Morgan fingerprint density at radius 3 is 2.22 bits per heavy atom. The molecule has 3 aromatic rings. The Morgan fingerprint density at radius 1 is 0.938 bits per heavy atom. The second-order valence-electron chi connectivity index (χ2n) is 7.10. The van der Waals surface area contributed by atoms with E-state index in [2.05, 4.69) is 10.1 Å². The molecule has 11 heteroatoms. The quantitative estimate of drug-likeness (QED) is 0.551. The van der Waals surface area contributed by atoms with Gasteiger partial charge in [-0.25, -0.2) is 18.1 Å². The molecular weight excluding hydrogens is 434 g/mol. The van der Waals surface area contributed by atoms with Crippen LogP contribution in [0.5, 0.6) is 11.5 Å². The fourth-order valence-corrected chi connectivity index (χ4v) is 4.98. The molecule has 32 heavy (non-hydrogen) atoms. The van der Waals surface area contributed by atoms with Gasteiger partial charge in [0.05, 0.1) is 24.8 Å². The van der Waals surface area contributed by atoms with Crippen molar-refractivity contribution in [1.82, 2.24) is 24.0 Å². The molecule has 2 aromatic carbocycles. The first-order valence-electron chi connectivity index (χ1n) is 9.90. The summed E-state index contributed by atoms with van der Waals surface area (Å²) < 4.78 is 39.5. The van der Waals surface area contributed by atoms with Crippen LogP contribution in [0.15, 0.2) is 60.0 Å². The SMILES string of the molecule is COc1ccc(S(=O)(=O)N2CCN(C(=O)c3ccc(-n4cncn4)cc3)CC2)cc1OC. The lowest BCUT2D eigenvalue weighted by molar-refractivity contribution is 0.0698. The summed E-state index contributed by atoms with van der Waals surface area (Å²) in [6.45, 7) is 1.02. The van der Waals surface area contributed by atoms with Gasteiger partial charge < -0.3 is 14.4 Å². The maximum absolute atomic E-state index is 13.1. The van der Waals surface area contributed by atoms with Crippen molar-refractivity contribution in [1.29, 1.82) is 0 Å². The van der Waals surface area contributed by atoms with Crippen LogP contribution in [0.1, 0.15) is 10.4 Å². The van der Waals surface area contributed by atoms with Crippen molar-refractivity contribution in [2.45, 2.75) is 4.90 Å². The lowest BCUT2D eigenvalue weighted by Crippen LogP contribution is -2.50. The predicted octanol–water partition coefficient (Wildman–Crippen LogP) is 1.43. The Bertz CT molecular complexity index is 1190. The van der Waals surface area contributed by atoms with Crippen LogP contribution in [0.3, 0.4) is 0 Å². The van der Waals surface area contributed by atoms with Crippen LogP contribution in [0.4, 0.5) is 0 Å². The molecule has 2 heterocycles. The minimum absolute atomic E-state index is 0.124. The summed E-state index contributed by atoms with van der Waals surface area (Å²) in [6.07, 6.45) is 3.02. The minimum Gasteiger partial charge on any atom is -0.493 e. The summed E-state index contributed by atoms with van der Waals surface area (Å²) in [4.78, 5) is 18.6. The number of piperazine rings is 1. The van der Waals surface area contributed by atoms with E-state index in [1.807, 2.05) is 0 Å². The first-order valence-corrected chi connectivity index (χ1v) is 11.3. The number of hydrogen-bond acceptors (Lipinski definition) is 7. The van der Waals surface area contributed by atoms with Crippen LogP contribution in [-0.4, -0.2) is 78.7 Å². The number of amides is 1. The van der Waals surface area contributed by atoms with Gasteiger partial charge in [-0.3, -0.25) is 4.79 Å². The molecule has 1 aliphatic heterocycles. The molecule has 10 nitrogen and oxygen atoms in total. The zero-order valence-corrected chi connectivity index (χ0v) is 18.5. The third kappa shape index (κ3) is 4.16. The van der Waals surface area contributed by atoms with Crippen LogP contribution in [-0.2, 0) is 10.0 Å². The van der Waals surface area contributed by atoms with E-state index in [0.717, 1.165) is 5.69 Å². The highest BCUT2D eigenvalue weighted by Gasteiger charge is 2.31. The molecule has 0 aliphatic carbocycles. The maximum Gasteiger partial charge on any atom is 0.253 e. The molecule has 0 spiro atoms. The number of methoxy groups -OCH3 is 2. The molecule has 0 bridgehead atoms. The van der Waals surface area contributed by atoms with Crippen LogP contribution < -0.4 is 9.47 Å². The zero-order chi connectivity index (χ0) is 22.7. The molecule has 0 saturated carbocycles. The van der Waals surface area contributed by atoms with Crippen molar-refractivity contribution in [3.63, 3.8) is 0 Å². The van der Waals surface area contributed by atoms with Crippen molar-refractivity contribution in [3.8, 4) is 17.2 Å². The molecule has 1 fully saturated rings. The monoisotopic (exact) mass is 457 g/mol. The summed E-state index contributed by atoms with van der Waals surface area (Å²) >= 11 is 0. The summed E-state index contributed by atoms with van der Waals surface area (Å²) in [7, 11) is -0.774. The van der Waals surface area contributed by atoms with Crippen molar-refractivity contribution in [2.24, 2.45) is 0 Å². The van der Waals surface area contributed by atoms with Gasteiger partial charge in [-0.2, -0.15) is 9.40 Å². The normalized spacial score (nSPS) is 14.9. The van der Waals surface area contributed by atoms with E-state index in [9.17, 15) is 13.2 Å². The van der Waals surface area contributed by atoms with Crippen LogP contribution in [0.25, 0.3) is 5.69 Å². The lowest BCUT2D eigenvalue weighted by atomic mass is 10.1. The van der Waals surface area contributed by atoms with Crippen molar-refractivity contribution >= 4 is 15.9 Å². The van der Waals surface area contributed by atoms with Crippen molar-refractivity contribution < 1.29 is 22.7 Å². The summed E-state index contributed by atoms with van der Waals surface area (Å²) in [6, 6.07) is 11.5. The van der Waals surface area contributed by atoms with Crippen molar-refractivity contribution in [3.05, 3.63) is 60.7 Å². The molecule has 168 valence electrons. The number of aromatic nitrogens is 3. The van der Waals surface area contributed by atoms with Gasteiger partial charge in [0.1, 0.15) is 12.7 Å². The Hall–Kier alpha value is -3.44. The molecule has 4 rings (SSSR count). The minimum atomic E-state index is -3.72.